The predicted octanol–water partition coefficient (Wildman–Crippen LogP) is 2.97. The number of nitrogens with one attached hydrogen (secondary N) is 1. The van der Waals surface area contributed by atoms with Crippen molar-refractivity contribution in [1.29, 1.82) is 0 Å². The Balaban J connectivity index is 2.13. The lowest BCUT2D eigenvalue weighted by molar-refractivity contribution is 0.0365. The Bertz CT molecular complexity index is 288. The third-order valence-electron chi connectivity index (χ3n) is 5.30. The Morgan fingerprint density at radius 1 is 1.21 bits per heavy atom. The summed E-state index contributed by atoms with van der Waals surface area (Å²) >= 11 is 0. The molecule has 19 heavy (non-hydrogen) atoms. The molecule has 2 fully saturated rings. The van der Waals surface area contributed by atoms with Crippen LogP contribution >= 0.6 is 0 Å². The van der Waals surface area contributed by atoms with E-state index in [0.717, 1.165) is 12.8 Å². The molecule has 3 N–H and O–H groups in total. The number of rotatable bonds is 6. The fourth-order valence-electron chi connectivity index (χ4n) is 4.05. The van der Waals surface area contributed by atoms with E-state index < -0.39 is 0 Å². The van der Waals surface area contributed by atoms with Gasteiger partial charge in [-0.3, -0.25) is 16.2 Å². The summed E-state index contributed by atoms with van der Waals surface area (Å²) in [6.07, 6.45) is 11.5. The molecular weight excluding hydrogens is 234 g/mol. The molecule has 3 heteroatoms. The molecular formula is C16H31N3. The molecule has 0 spiro atoms. The number of hydrazine groups is 1. The van der Waals surface area contributed by atoms with Gasteiger partial charge in [-0.05, 0) is 51.6 Å². The van der Waals surface area contributed by atoms with Gasteiger partial charge in [0, 0.05) is 11.6 Å². The zero-order valence-corrected chi connectivity index (χ0v) is 12.6. The lowest BCUT2D eigenvalue weighted by Gasteiger charge is -2.48. The van der Waals surface area contributed by atoms with E-state index in [0.29, 0.717) is 11.6 Å². The van der Waals surface area contributed by atoms with Crippen LogP contribution in [-0.4, -0.2) is 29.6 Å². The van der Waals surface area contributed by atoms with Crippen LogP contribution in [0, 0.1) is 0 Å². The Kier molecular flexibility index (Phi) is 5.43. The van der Waals surface area contributed by atoms with Crippen LogP contribution in [-0.2, 0) is 0 Å². The summed E-state index contributed by atoms with van der Waals surface area (Å²) in [6, 6.07) is 0.376. The van der Waals surface area contributed by atoms with Crippen molar-refractivity contribution < 1.29 is 0 Å². The average Bonchev–Trinajstić information content (AvgIpc) is 2.96. The maximum Gasteiger partial charge on any atom is 0.0431 e. The van der Waals surface area contributed by atoms with Gasteiger partial charge >= 0.3 is 0 Å². The summed E-state index contributed by atoms with van der Waals surface area (Å²) < 4.78 is 0. The zero-order valence-electron chi connectivity index (χ0n) is 12.6. The molecule has 1 atom stereocenters. The lowest BCUT2D eigenvalue weighted by Crippen LogP contribution is -2.62. The minimum absolute atomic E-state index is 0.299. The van der Waals surface area contributed by atoms with Crippen LogP contribution in [0.2, 0.25) is 0 Å². The SMILES string of the molecule is C=C(CC)CC(NN)C1(N2CCCCC2)CCCC1. The Hall–Kier alpha value is -0.380. The molecule has 0 bridgehead atoms. The van der Waals surface area contributed by atoms with E-state index in [1.165, 1.54) is 63.6 Å². The zero-order chi connectivity index (χ0) is 13.7. The van der Waals surface area contributed by atoms with E-state index in [1.807, 2.05) is 0 Å². The summed E-state index contributed by atoms with van der Waals surface area (Å²) in [7, 11) is 0. The molecule has 1 saturated carbocycles. The standard InChI is InChI=1S/C16H31N3/c1-3-14(2)13-15(18-17)16(9-5-6-10-16)19-11-7-4-8-12-19/h15,18H,2-13,17H2,1H3. The second-order valence-electron chi connectivity index (χ2n) is 6.39. The first-order valence-electron chi connectivity index (χ1n) is 8.11. The topological polar surface area (TPSA) is 41.3 Å². The second-order valence-corrected chi connectivity index (χ2v) is 6.39. The molecule has 1 saturated heterocycles. The minimum atomic E-state index is 0.299. The van der Waals surface area contributed by atoms with Crippen molar-refractivity contribution in [2.75, 3.05) is 13.1 Å². The number of piperidine rings is 1. The molecule has 0 amide bonds. The highest BCUT2D eigenvalue weighted by atomic mass is 15.3. The van der Waals surface area contributed by atoms with E-state index >= 15 is 0 Å². The molecule has 2 aliphatic rings. The number of nitrogens with zero attached hydrogens (tertiary/aromatic N) is 1. The van der Waals surface area contributed by atoms with Crippen molar-refractivity contribution in [2.45, 2.75) is 76.3 Å². The second kappa shape index (κ2) is 6.87. The van der Waals surface area contributed by atoms with Crippen LogP contribution in [0.1, 0.15) is 64.7 Å². The van der Waals surface area contributed by atoms with Gasteiger partial charge < -0.3 is 0 Å². The molecule has 1 heterocycles. The van der Waals surface area contributed by atoms with Crippen LogP contribution in [0.5, 0.6) is 0 Å². The highest BCUT2D eigenvalue weighted by Crippen LogP contribution is 2.41. The molecule has 0 aromatic rings. The van der Waals surface area contributed by atoms with E-state index in [-0.39, 0.29) is 0 Å². The van der Waals surface area contributed by atoms with E-state index in [9.17, 15) is 0 Å². The largest absolute Gasteiger partial charge is 0.296 e. The molecule has 0 aromatic heterocycles. The normalized spacial score (nSPS) is 25.4. The lowest BCUT2D eigenvalue weighted by atomic mass is 9.81. The number of nitrogens with two attached hydrogens (primary N) is 1. The quantitative estimate of drug-likeness (QED) is 0.441. The van der Waals surface area contributed by atoms with Crippen LogP contribution in [0.25, 0.3) is 0 Å². The maximum atomic E-state index is 5.93. The fraction of sp³-hybridized carbons (Fsp3) is 0.875. The van der Waals surface area contributed by atoms with Crippen molar-refractivity contribution in [3.8, 4) is 0 Å². The fourth-order valence-corrected chi connectivity index (χ4v) is 4.05. The summed E-state index contributed by atoms with van der Waals surface area (Å²) in [6.45, 7) is 8.91. The van der Waals surface area contributed by atoms with Gasteiger partial charge in [0.25, 0.3) is 0 Å². The smallest absolute Gasteiger partial charge is 0.0431 e. The highest BCUT2D eigenvalue weighted by molar-refractivity contribution is 5.09. The van der Waals surface area contributed by atoms with Crippen LogP contribution in [0.3, 0.4) is 0 Å². The first-order chi connectivity index (χ1) is 9.23. The van der Waals surface area contributed by atoms with Gasteiger partial charge in [0.05, 0.1) is 0 Å². The third-order valence-corrected chi connectivity index (χ3v) is 5.30. The maximum absolute atomic E-state index is 5.93. The van der Waals surface area contributed by atoms with Crippen molar-refractivity contribution in [2.24, 2.45) is 5.84 Å². The van der Waals surface area contributed by atoms with E-state index in [4.69, 9.17) is 5.84 Å². The molecule has 0 aromatic carbocycles. The number of likely N-dealkylation sites (tertiary alicyclic amines) is 1. The molecule has 110 valence electrons. The van der Waals surface area contributed by atoms with Crippen LogP contribution in [0.4, 0.5) is 0 Å². The molecule has 1 unspecified atom stereocenters. The molecule has 1 aliphatic carbocycles. The van der Waals surface area contributed by atoms with Crippen LogP contribution < -0.4 is 11.3 Å². The van der Waals surface area contributed by atoms with Crippen LogP contribution in [0.15, 0.2) is 12.2 Å². The summed E-state index contributed by atoms with van der Waals surface area (Å²) in [5.41, 5.74) is 4.77. The first kappa shape index (κ1) is 15.0. The molecule has 3 nitrogen and oxygen atoms in total. The van der Waals surface area contributed by atoms with E-state index in [1.54, 1.807) is 0 Å². The number of hydrogen-bond acceptors (Lipinski definition) is 3. The number of hydrogen-bond donors (Lipinski definition) is 2. The van der Waals surface area contributed by atoms with E-state index in [2.05, 4.69) is 23.8 Å². The summed E-state index contributed by atoms with van der Waals surface area (Å²) in [5, 5.41) is 0. The Labute approximate surface area is 118 Å². The van der Waals surface area contributed by atoms with Gasteiger partial charge in [-0.15, -0.1) is 0 Å². The predicted molar refractivity (Wildman–Crippen MR) is 81.8 cm³/mol. The van der Waals surface area contributed by atoms with Gasteiger partial charge in [-0.2, -0.15) is 0 Å². The average molecular weight is 265 g/mol. The van der Waals surface area contributed by atoms with Gasteiger partial charge in [0.2, 0.25) is 0 Å². The van der Waals surface area contributed by atoms with Crippen molar-refractivity contribution >= 4 is 0 Å². The summed E-state index contributed by atoms with van der Waals surface area (Å²) in [5.74, 6) is 5.93. The van der Waals surface area contributed by atoms with Gasteiger partial charge in [-0.1, -0.05) is 38.3 Å². The summed E-state index contributed by atoms with van der Waals surface area (Å²) in [4.78, 5) is 2.75. The Morgan fingerprint density at radius 2 is 1.84 bits per heavy atom. The molecule has 2 rings (SSSR count). The van der Waals surface area contributed by atoms with Gasteiger partial charge in [0.15, 0.2) is 0 Å². The van der Waals surface area contributed by atoms with Crippen molar-refractivity contribution in [3.05, 3.63) is 12.2 Å². The first-order valence-corrected chi connectivity index (χ1v) is 8.11. The highest BCUT2D eigenvalue weighted by Gasteiger charge is 2.45. The Morgan fingerprint density at radius 3 is 2.37 bits per heavy atom. The molecule has 0 radical (unpaired) electrons. The van der Waals surface area contributed by atoms with Crippen molar-refractivity contribution in [3.63, 3.8) is 0 Å². The minimum Gasteiger partial charge on any atom is -0.296 e. The van der Waals surface area contributed by atoms with Gasteiger partial charge in [-0.25, -0.2) is 0 Å². The molecule has 1 aliphatic heterocycles. The monoisotopic (exact) mass is 265 g/mol. The third kappa shape index (κ3) is 3.21. The van der Waals surface area contributed by atoms with Crippen molar-refractivity contribution in [1.82, 2.24) is 10.3 Å². The van der Waals surface area contributed by atoms with Gasteiger partial charge in [0.1, 0.15) is 0 Å².